The molecule has 1 aliphatic heterocycles. The van der Waals surface area contributed by atoms with E-state index in [1.165, 1.54) is 0 Å². The zero-order valence-electron chi connectivity index (χ0n) is 19.5. The first kappa shape index (κ1) is 22.8. The van der Waals surface area contributed by atoms with Crippen molar-refractivity contribution >= 4 is 5.91 Å². The number of carbonyl (C=O) groups excluding carboxylic acids is 1. The molecule has 0 spiro atoms. The molecule has 2 aromatic heterocycles. The highest BCUT2D eigenvalue weighted by Gasteiger charge is 2.24. The lowest BCUT2D eigenvalue weighted by Crippen LogP contribution is -2.37. The maximum atomic E-state index is 13.5. The van der Waals surface area contributed by atoms with Crippen LogP contribution in [0, 0.1) is 0 Å². The molecule has 1 saturated heterocycles. The zero-order valence-corrected chi connectivity index (χ0v) is 19.5. The van der Waals surface area contributed by atoms with Gasteiger partial charge in [-0.2, -0.15) is 0 Å². The minimum absolute atomic E-state index is 0.00501. The number of benzene rings is 2. The van der Waals surface area contributed by atoms with Crippen molar-refractivity contribution in [2.45, 2.75) is 32.1 Å². The van der Waals surface area contributed by atoms with Crippen LogP contribution >= 0.6 is 0 Å². The molecule has 0 aliphatic carbocycles. The molecule has 1 amide bonds. The smallest absolute Gasteiger partial charge is 0.254 e. The molecule has 0 saturated carbocycles. The van der Waals surface area contributed by atoms with Gasteiger partial charge in [-0.3, -0.25) is 9.78 Å². The van der Waals surface area contributed by atoms with Gasteiger partial charge in [-0.25, -0.2) is 4.98 Å². The second-order valence-electron chi connectivity index (χ2n) is 8.63. The molecular formula is C28H28N4O3. The predicted molar refractivity (Wildman–Crippen MR) is 132 cm³/mol. The van der Waals surface area contributed by atoms with E-state index in [2.05, 4.69) is 9.97 Å². The lowest BCUT2D eigenvalue weighted by atomic mass is 10.1. The number of imidazole rings is 1. The van der Waals surface area contributed by atoms with Crippen molar-refractivity contribution < 1.29 is 14.3 Å². The molecule has 1 aliphatic rings. The molecule has 1 atom stereocenters. The van der Waals surface area contributed by atoms with E-state index in [1.54, 1.807) is 24.9 Å². The van der Waals surface area contributed by atoms with Crippen molar-refractivity contribution in [3.63, 3.8) is 0 Å². The van der Waals surface area contributed by atoms with Crippen LogP contribution in [0.15, 0.2) is 91.8 Å². The van der Waals surface area contributed by atoms with Gasteiger partial charge in [0.15, 0.2) is 0 Å². The van der Waals surface area contributed by atoms with E-state index >= 15 is 0 Å². The van der Waals surface area contributed by atoms with E-state index in [9.17, 15) is 4.79 Å². The summed E-state index contributed by atoms with van der Waals surface area (Å²) >= 11 is 0. The Morgan fingerprint density at radius 1 is 1.03 bits per heavy atom. The summed E-state index contributed by atoms with van der Waals surface area (Å²) in [6, 6.07) is 19.4. The van der Waals surface area contributed by atoms with Crippen LogP contribution in [0.2, 0.25) is 0 Å². The van der Waals surface area contributed by atoms with Crippen LogP contribution in [-0.4, -0.2) is 44.6 Å². The molecular weight excluding hydrogens is 440 g/mol. The number of hydrogen-bond acceptors (Lipinski definition) is 5. The molecule has 2 aromatic carbocycles. The van der Waals surface area contributed by atoms with Gasteiger partial charge >= 0.3 is 0 Å². The highest BCUT2D eigenvalue weighted by molar-refractivity contribution is 5.94. The fourth-order valence-electron chi connectivity index (χ4n) is 4.19. The first-order valence-electron chi connectivity index (χ1n) is 11.8. The number of ether oxygens (including phenoxy) is 2. The van der Waals surface area contributed by atoms with Crippen LogP contribution in [0.4, 0.5) is 0 Å². The minimum Gasteiger partial charge on any atom is -0.489 e. The standard InChI is InChI=1S/C28H28N4O3/c33-28(24-7-9-25(10-8-24)31-15-14-30-21-31)32(19-27-4-2-16-34-27)18-22-5-11-26(12-6-22)35-20-23-3-1-13-29-17-23/h1,3,5-15,17,21,27H,2,4,16,18-20H2/t27-/m1/s1. The average Bonchev–Trinajstić information content (AvgIpc) is 3.63. The molecule has 0 N–H and O–H groups in total. The Kier molecular flexibility index (Phi) is 7.15. The second-order valence-corrected chi connectivity index (χ2v) is 8.63. The van der Waals surface area contributed by atoms with Gasteiger partial charge in [-0.15, -0.1) is 0 Å². The van der Waals surface area contributed by atoms with Crippen molar-refractivity contribution in [1.29, 1.82) is 0 Å². The van der Waals surface area contributed by atoms with Crippen LogP contribution in [0.5, 0.6) is 5.75 Å². The molecule has 0 unspecified atom stereocenters. The maximum Gasteiger partial charge on any atom is 0.254 e. The van der Waals surface area contributed by atoms with E-state index < -0.39 is 0 Å². The van der Waals surface area contributed by atoms with Gasteiger partial charge in [0.1, 0.15) is 12.4 Å². The number of aromatic nitrogens is 3. The van der Waals surface area contributed by atoms with Crippen molar-refractivity contribution in [1.82, 2.24) is 19.4 Å². The number of pyridine rings is 1. The van der Waals surface area contributed by atoms with Gasteiger partial charge in [-0.1, -0.05) is 18.2 Å². The summed E-state index contributed by atoms with van der Waals surface area (Å²) in [4.78, 5) is 23.6. The fourth-order valence-corrected chi connectivity index (χ4v) is 4.19. The van der Waals surface area contributed by atoms with Crippen LogP contribution in [0.3, 0.4) is 0 Å². The monoisotopic (exact) mass is 468 g/mol. The molecule has 3 heterocycles. The van der Waals surface area contributed by atoms with Gasteiger partial charge in [-0.05, 0) is 60.9 Å². The summed E-state index contributed by atoms with van der Waals surface area (Å²) in [6.45, 7) is 2.30. The average molecular weight is 469 g/mol. The number of carbonyl (C=O) groups is 1. The third kappa shape index (κ3) is 5.94. The molecule has 0 radical (unpaired) electrons. The van der Waals surface area contributed by atoms with Crippen LogP contribution in [-0.2, 0) is 17.9 Å². The van der Waals surface area contributed by atoms with E-state index in [-0.39, 0.29) is 12.0 Å². The number of rotatable bonds is 9. The predicted octanol–water partition coefficient (Wildman–Crippen LogP) is 4.67. The molecule has 35 heavy (non-hydrogen) atoms. The normalized spacial score (nSPS) is 15.1. The molecule has 0 bridgehead atoms. The quantitative estimate of drug-likeness (QED) is 0.357. The van der Waals surface area contributed by atoms with Gasteiger partial charge in [0, 0.05) is 61.3 Å². The van der Waals surface area contributed by atoms with E-state index in [0.717, 1.165) is 42.0 Å². The van der Waals surface area contributed by atoms with Crippen molar-refractivity contribution in [2.75, 3.05) is 13.2 Å². The van der Waals surface area contributed by atoms with E-state index in [1.807, 2.05) is 76.3 Å². The van der Waals surface area contributed by atoms with E-state index in [4.69, 9.17) is 9.47 Å². The molecule has 5 rings (SSSR count). The van der Waals surface area contributed by atoms with Crippen LogP contribution < -0.4 is 4.74 Å². The van der Waals surface area contributed by atoms with Gasteiger partial charge in [0.2, 0.25) is 0 Å². The van der Waals surface area contributed by atoms with Crippen molar-refractivity contribution in [2.24, 2.45) is 0 Å². The Morgan fingerprint density at radius 3 is 2.57 bits per heavy atom. The lowest BCUT2D eigenvalue weighted by Gasteiger charge is -2.26. The Labute approximate surface area is 205 Å². The summed E-state index contributed by atoms with van der Waals surface area (Å²) in [5, 5.41) is 0. The fraction of sp³-hybridized carbons (Fsp3) is 0.250. The summed E-state index contributed by atoms with van der Waals surface area (Å²) in [5.41, 5.74) is 3.68. The molecule has 178 valence electrons. The van der Waals surface area contributed by atoms with Crippen molar-refractivity contribution in [3.05, 3.63) is 108 Å². The Balaban J connectivity index is 1.27. The highest BCUT2D eigenvalue weighted by atomic mass is 16.5. The second kappa shape index (κ2) is 11.0. The number of hydrogen-bond donors (Lipinski definition) is 0. The summed E-state index contributed by atoms with van der Waals surface area (Å²) < 4.78 is 13.6. The lowest BCUT2D eigenvalue weighted by molar-refractivity contribution is 0.0507. The van der Waals surface area contributed by atoms with E-state index in [0.29, 0.717) is 25.3 Å². The van der Waals surface area contributed by atoms with Gasteiger partial charge in [0.05, 0.1) is 12.4 Å². The summed E-state index contributed by atoms with van der Waals surface area (Å²) in [7, 11) is 0. The Morgan fingerprint density at radius 2 is 1.89 bits per heavy atom. The SMILES string of the molecule is O=C(c1ccc(-n2ccnc2)cc1)N(Cc1ccc(OCc2cccnc2)cc1)C[C@H]1CCCO1. The Hall–Kier alpha value is -3.97. The van der Waals surface area contributed by atoms with Crippen LogP contribution in [0.25, 0.3) is 5.69 Å². The molecule has 1 fully saturated rings. The minimum atomic E-state index is -0.00501. The first-order valence-corrected chi connectivity index (χ1v) is 11.8. The summed E-state index contributed by atoms with van der Waals surface area (Å²) in [5.74, 6) is 0.777. The maximum absolute atomic E-state index is 13.5. The number of amides is 1. The summed E-state index contributed by atoms with van der Waals surface area (Å²) in [6.07, 6.45) is 11.0. The van der Waals surface area contributed by atoms with Gasteiger partial charge < -0.3 is 18.9 Å². The van der Waals surface area contributed by atoms with Crippen LogP contribution in [0.1, 0.15) is 34.3 Å². The third-order valence-electron chi connectivity index (χ3n) is 6.08. The largest absolute Gasteiger partial charge is 0.489 e. The molecule has 4 aromatic rings. The highest BCUT2D eigenvalue weighted by Crippen LogP contribution is 2.20. The zero-order chi connectivity index (χ0) is 23.9. The third-order valence-corrected chi connectivity index (χ3v) is 6.08. The first-order chi connectivity index (χ1) is 17.2. The van der Waals surface area contributed by atoms with Gasteiger partial charge in [0.25, 0.3) is 5.91 Å². The topological polar surface area (TPSA) is 69.5 Å². The number of nitrogens with zero attached hydrogens (tertiary/aromatic N) is 4. The molecule has 7 heteroatoms. The van der Waals surface area contributed by atoms with Crippen molar-refractivity contribution in [3.8, 4) is 11.4 Å². The Bertz CT molecular complexity index is 1200. The molecule has 7 nitrogen and oxygen atoms in total.